The summed E-state index contributed by atoms with van der Waals surface area (Å²) in [4.78, 5) is 0.0960. The van der Waals surface area contributed by atoms with Crippen molar-refractivity contribution in [3.8, 4) is 0 Å². The molecule has 1 aliphatic rings. The van der Waals surface area contributed by atoms with Gasteiger partial charge in [-0.3, -0.25) is 0 Å². The molecule has 112 valence electrons. The van der Waals surface area contributed by atoms with Crippen LogP contribution in [0.25, 0.3) is 0 Å². The van der Waals surface area contributed by atoms with Gasteiger partial charge in [0.1, 0.15) is 0 Å². The van der Waals surface area contributed by atoms with Gasteiger partial charge >= 0.3 is 0 Å². The predicted octanol–water partition coefficient (Wildman–Crippen LogP) is -0.684. The van der Waals surface area contributed by atoms with Crippen LogP contribution < -0.4 is 10.5 Å². The Labute approximate surface area is 118 Å². The van der Waals surface area contributed by atoms with E-state index in [4.69, 9.17) is 5.73 Å². The Bertz CT molecular complexity index is 683. The van der Waals surface area contributed by atoms with E-state index in [2.05, 4.69) is 4.72 Å². The summed E-state index contributed by atoms with van der Waals surface area (Å²) in [5, 5.41) is 0. The molecule has 7 nitrogen and oxygen atoms in total. The number of sulfonamides is 2. The third-order valence-corrected chi connectivity index (χ3v) is 6.54. The normalized spacial score (nSPS) is 21.2. The molecule has 0 aliphatic carbocycles. The van der Waals surface area contributed by atoms with Crippen LogP contribution in [0.3, 0.4) is 0 Å². The molecule has 0 aromatic heterocycles. The molecule has 0 saturated carbocycles. The molecule has 1 unspecified atom stereocenters. The summed E-state index contributed by atoms with van der Waals surface area (Å²) in [6.07, 6.45) is 0.630. The number of nitrogens with one attached hydrogen (secondary N) is 1. The second kappa shape index (κ2) is 5.41. The van der Waals surface area contributed by atoms with Crippen LogP contribution in [-0.4, -0.2) is 47.3 Å². The van der Waals surface area contributed by atoms with Crippen molar-refractivity contribution in [3.05, 3.63) is 24.3 Å². The van der Waals surface area contributed by atoms with Crippen LogP contribution in [-0.2, 0) is 20.0 Å². The summed E-state index contributed by atoms with van der Waals surface area (Å²) >= 11 is 0. The molecular formula is C11H17N3O4S2. The van der Waals surface area contributed by atoms with Gasteiger partial charge in [-0.1, -0.05) is 0 Å². The van der Waals surface area contributed by atoms with E-state index in [0.29, 0.717) is 19.5 Å². The zero-order valence-electron chi connectivity index (χ0n) is 11.0. The monoisotopic (exact) mass is 319 g/mol. The van der Waals surface area contributed by atoms with Crippen LogP contribution in [0.1, 0.15) is 6.42 Å². The van der Waals surface area contributed by atoms with Gasteiger partial charge in [0.15, 0.2) is 0 Å². The van der Waals surface area contributed by atoms with Crippen LogP contribution in [0.4, 0.5) is 0 Å². The molecule has 0 radical (unpaired) electrons. The Balaban J connectivity index is 2.30. The smallest absolute Gasteiger partial charge is 0.243 e. The summed E-state index contributed by atoms with van der Waals surface area (Å²) in [6.45, 7) is 0.680. The van der Waals surface area contributed by atoms with Crippen molar-refractivity contribution in [1.29, 1.82) is 0 Å². The van der Waals surface area contributed by atoms with E-state index in [0.717, 1.165) is 0 Å². The zero-order valence-corrected chi connectivity index (χ0v) is 12.6. The van der Waals surface area contributed by atoms with Crippen LogP contribution in [0.2, 0.25) is 0 Å². The van der Waals surface area contributed by atoms with Crippen LogP contribution in [0.5, 0.6) is 0 Å². The lowest BCUT2D eigenvalue weighted by molar-refractivity contribution is 0.472. The van der Waals surface area contributed by atoms with Crippen LogP contribution >= 0.6 is 0 Å². The number of hydrogen-bond acceptors (Lipinski definition) is 5. The number of hydrogen-bond donors (Lipinski definition) is 2. The minimum atomic E-state index is -3.60. The number of nitrogens with zero attached hydrogens (tertiary/aromatic N) is 1. The third kappa shape index (κ3) is 2.86. The minimum absolute atomic E-state index is 0.0251. The van der Waals surface area contributed by atoms with Gasteiger partial charge in [-0.2, -0.15) is 4.31 Å². The van der Waals surface area contributed by atoms with Gasteiger partial charge in [0, 0.05) is 19.1 Å². The van der Waals surface area contributed by atoms with Crippen molar-refractivity contribution in [3.63, 3.8) is 0 Å². The van der Waals surface area contributed by atoms with Crippen molar-refractivity contribution in [2.24, 2.45) is 5.73 Å². The Hall–Kier alpha value is -1.00. The topological polar surface area (TPSA) is 110 Å². The van der Waals surface area contributed by atoms with E-state index < -0.39 is 20.0 Å². The maximum absolute atomic E-state index is 12.3. The molecule has 1 aliphatic heterocycles. The molecule has 2 rings (SSSR count). The highest BCUT2D eigenvalue weighted by molar-refractivity contribution is 7.89. The van der Waals surface area contributed by atoms with Crippen molar-refractivity contribution >= 4 is 20.0 Å². The minimum Gasteiger partial charge on any atom is -0.326 e. The first-order valence-corrected chi connectivity index (χ1v) is 8.99. The molecule has 20 heavy (non-hydrogen) atoms. The van der Waals surface area contributed by atoms with Crippen molar-refractivity contribution < 1.29 is 16.8 Å². The largest absolute Gasteiger partial charge is 0.326 e. The van der Waals surface area contributed by atoms with Crippen molar-refractivity contribution in [2.45, 2.75) is 22.3 Å². The maximum atomic E-state index is 12.3. The summed E-state index contributed by atoms with van der Waals surface area (Å²) in [5.74, 6) is 0. The Kier molecular flexibility index (Phi) is 4.17. The summed E-state index contributed by atoms with van der Waals surface area (Å²) < 4.78 is 51.3. The number of rotatable bonds is 4. The molecule has 0 spiro atoms. The summed E-state index contributed by atoms with van der Waals surface area (Å²) in [6, 6.07) is 4.99. The van der Waals surface area contributed by atoms with Crippen molar-refractivity contribution in [2.75, 3.05) is 20.1 Å². The molecule has 1 aromatic carbocycles. The maximum Gasteiger partial charge on any atom is 0.243 e. The van der Waals surface area contributed by atoms with Gasteiger partial charge in [0.2, 0.25) is 20.0 Å². The standard InChI is InChI=1S/C11H17N3O4S2/c1-13-19(15,16)10-2-4-11(5-3-10)20(17,18)14-7-6-9(12)8-14/h2-5,9,13H,6-8,12H2,1H3. The van der Waals surface area contributed by atoms with Gasteiger partial charge in [0.05, 0.1) is 9.79 Å². The van der Waals surface area contributed by atoms with Gasteiger partial charge < -0.3 is 5.73 Å². The molecule has 9 heteroatoms. The Morgan fingerprint density at radius 3 is 2.15 bits per heavy atom. The van der Waals surface area contributed by atoms with E-state index in [1.165, 1.54) is 35.6 Å². The second-order valence-electron chi connectivity index (χ2n) is 4.59. The molecule has 1 heterocycles. The highest BCUT2D eigenvalue weighted by atomic mass is 32.2. The zero-order chi connectivity index (χ0) is 15.0. The lowest BCUT2D eigenvalue weighted by Gasteiger charge is -2.16. The molecule has 3 N–H and O–H groups in total. The highest BCUT2D eigenvalue weighted by Gasteiger charge is 2.31. The molecule has 1 aromatic rings. The van der Waals surface area contributed by atoms with Crippen LogP contribution in [0, 0.1) is 0 Å². The SMILES string of the molecule is CNS(=O)(=O)c1ccc(S(=O)(=O)N2CCC(N)C2)cc1. The fourth-order valence-electron chi connectivity index (χ4n) is 2.03. The van der Waals surface area contributed by atoms with Crippen molar-refractivity contribution in [1.82, 2.24) is 9.03 Å². The third-order valence-electron chi connectivity index (χ3n) is 3.23. The molecular weight excluding hydrogens is 302 g/mol. The van der Waals surface area contributed by atoms with Gasteiger partial charge in [-0.15, -0.1) is 0 Å². The van der Waals surface area contributed by atoms with E-state index in [1.54, 1.807) is 0 Å². The average molecular weight is 319 g/mol. The molecule has 1 fully saturated rings. The fourth-order valence-corrected chi connectivity index (χ4v) is 4.27. The van der Waals surface area contributed by atoms with E-state index in [9.17, 15) is 16.8 Å². The van der Waals surface area contributed by atoms with Gasteiger partial charge in [0.25, 0.3) is 0 Å². The molecule has 1 atom stereocenters. The summed E-state index contributed by atoms with van der Waals surface area (Å²) in [7, 11) is -5.87. The van der Waals surface area contributed by atoms with E-state index >= 15 is 0 Å². The van der Waals surface area contributed by atoms with E-state index in [-0.39, 0.29) is 15.8 Å². The Morgan fingerprint density at radius 2 is 1.70 bits per heavy atom. The predicted molar refractivity (Wildman–Crippen MR) is 74.0 cm³/mol. The highest BCUT2D eigenvalue weighted by Crippen LogP contribution is 2.21. The van der Waals surface area contributed by atoms with Gasteiger partial charge in [-0.25, -0.2) is 21.6 Å². The lowest BCUT2D eigenvalue weighted by atomic mass is 10.3. The molecule has 1 saturated heterocycles. The Morgan fingerprint density at radius 1 is 1.15 bits per heavy atom. The summed E-state index contributed by atoms with van der Waals surface area (Å²) in [5.41, 5.74) is 5.71. The second-order valence-corrected chi connectivity index (χ2v) is 8.42. The first-order chi connectivity index (χ1) is 9.27. The lowest BCUT2D eigenvalue weighted by Crippen LogP contribution is -2.32. The van der Waals surface area contributed by atoms with Gasteiger partial charge in [-0.05, 0) is 37.7 Å². The molecule has 0 amide bonds. The van der Waals surface area contributed by atoms with Crippen LogP contribution in [0.15, 0.2) is 34.1 Å². The number of benzene rings is 1. The van der Waals surface area contributed by atoms with E-state index in [1.807, 2.05) is 0 Å². The molecule has 0 bridgehead atoms. The first kappa shape index (κ1) is 15.4. The average Bonchev–Trinajstić information content (AvgIpc) is 2.86. The number of nitrogens with two attached hydrogens (primary N) is 1. The quantitative estimate of drug-likeness (QED) is 0.764. The fraction of sp³-hybridized carbons (Fsp3) is 0.455. The first-order valence-electron chi connectivity index (χ1n) is 6.07.